The highest BCUT2D eigenvalue weighted by Crippen LogP contribution is 2.19. The number of hydrogen-bond acceptors (Lipinski definition) is 5. The lowest BCUT2D eigenvalue weighted by atomic mass is 10.2. The van der Waals surface area contributed by atoms with Gasteiger partial charge in [-0.3, -0.25) is 4.90 Å². The number of aliphatic hydroxyl groups is 1. The first-order chi connectivity index (χ1) is 12.3. The average molecular weight is 343 g/mol. The van der Waals surface area contributed by atoms with Crippen molar-refractivity contribution in [2.24, 2.45) is 0 Å². The molecule has 134 valence electrons. The van der Waals surface area contributed by atoms with Crippen LogP contribution < -0.4 is 9.47 Å². The second-order valence-corrected chi connectivity index (χ2v) is 6.12. The molecule has 0 amide bonds. The lowest BCUT2D eigenvalue weighted by Crippen LogP contribution is -2.42. The van der Waals surface area contributed by atoms with Gasteiger partial charge in [0.05, 0.1) is 13.2 Å². The Morgan fingerprint density at radius 1 is 0.920 bits per heavy atom. The van der Waals surface area contributed by atoms with Crippen molar-refractivity contribution in [3.05, 3.63) is 60.2 Å². The molecular formula is C20H25NO4. The number of β-amino-alcohol motifs (C(OH)–C–C–N with tert-alkyl or cyclic N) is 1. The van der Waals surface area contributed by atoms with Gasteiger partial charge in [-0.2, -0.15) is 0 Å². The van der Waals surface area contributed by atoms with Crippen LogP contribution in [-0.4, -0.2) is 55.6 Å². The highest BCUT2D eigenvalue weighted by atomic mass is 16.5. The average Bonchev–Trinajstić information content (AvgIpc) is 2.67. The first-order valence-electron chi connectivity index (χ1n) is 8.67. The first kappa shape index (κ1) is 17.7. The summed E-state index contributed by atoms with van der Waals surface area (Å²) in [5.41, 5.74) is 1.13. The van der Waals surface area contributed by atoms with Gasteiger partial charge in [-0.1, -0.05) is 30.3 Å². The molecule has 1 atom stereocenters. The second-order valence-electron chi connectivity index (χ2n) is 6.12. The van der Waals surface area contributed by atoms with E-state index in [0.717, 1.165) is 43.4 Å². The molecule has 1 aliphatic heterocycles. The smallest absolute Gasteiger partial charge is 0.120 e. The number of aliphatic hydroxyl groups excluding tert-OH is 1. The van der Waals surface area contributed by atoms with Crippen molar-refractivity contribution >= 4 is 0 Å². The summed E-state index contributed by atoms with van der Waals surface area (Å²) in [5.74, 6) is 1.53. The molecule has 0 unspecified atom stereocenters. The largest absolute Gasteiger partial charge is 0.491 e. The molecule has 0 aromatic heterocycles. The minimum absolute atomic E-state index is 0.279. The number of rotatable bonds is 8. The fourth-order valence-corrected chi connectivity index (χ4v) is 2.70. The van der Waals surface area contributed by atoms with Gasteiger partial charge in [-0.15, -0.1) is 0 Å². The predicted octanol–water partition coefficient (Wildman–Crippen LogP) is 2.34. The molecule has 1 heterocycles. The highest BCUT2D eigenvalue weighted by molar-refractivity contribution is 5.31. The Morgan fingerprint density at radius 3 is 2.24 bits per heavy atom. The molecule has 25 heavy (non-hydrogen) atoms. The van der Waals surface area contributed by atoms with Crippen LogP contribution in [0.2, 0.25) is 0 Å². The molecule has 2 aromatic carbocycles. The third kappa shape index (κ3) is 6.05. The van der Waals surface area contributed by atoms with Crippen LogP contribution in [0.5, 0.6) is 11.5 Å². The van der Waals surface area contributed by atoms with Crippen LogP contribution in [0.4, 0.5) is 0 Å². The zero-order chi connectivity index (χ0) is 17.3. The molecule has 2 aromatic rings. The zero-order valence-electron chi connectivity index (χ0n) is 14.3. The minimum Gasteiger partial charge on any atom is -0.491 e. The fraction of sp³-hybridized carbons (Fsp3) is 0.400. The van der Waals surface area contributed by atoms with Gasteiger partial charge in [-0.05, 0) is 29.8 Å². The normalized spacial score (nSPS) is 16.4. The molecule has 0 bridgehead atoms. The van der Waals surface area contributed by atoms with Crippen LogP contribution in [0.15, 0.2) is 54.6 Å². The van der Waals surface area contributed by atoms with Crippen molar-refractivity contribution in [2.45, 2.75) is 12.7 Å². The van der Waals surface area contributed by atoms with E-state index >= 15 is 0 Å². The van der Waals surface area contributed by atoms with Gasteiger partial charge in [0.15, 0.2) is 0 Å². The van der Waals surface area contributed by atoms with E-state index in [0.29, 0.717) is 13.2 Å². The molecule has 1 N–H and O–H groups in total. The summed E-state index contributed by atoms with van der Waals surface area (Å²) in [6.45, 7) is 4.63. The van der Waals surface area contributed by atoms with Crippen molar-refractivity contribution < 1.29 is 19.3 Å². The Kier molecular flexibility index (Phi) is 6.68. The number of morpholine rings is 1. The van der Waals surface area contributed by atoms with E-state index in [1.807, 2.05) is 54.6 Å². The fourth-order valence-electron chi connectivity index (χ4n) is 2.70. The lowest BCUT2D eigenvalue weighted by molar-refractivity contribution is 0.00465. The monoisotopic (exact) mass is 343 g/mol. The van der Waals surface area contributed by atoms with Crippen LogP contribution in [0.25, 0.3) is 0 Å². The van der Waals surface area contributed by atoms with Crippen LogP contribution in [-0.2, 0) is 11.3 Å². The Labute approximate surface area is 148 Å². The number of benzene rings is 2. The summed E-state index contributed by atoms with van der Waals surface area (Å²) in [7, 11) is 0. The summed E-state index contributed by atoms with van der Waals surface area (Å²) in [6.07, 6.45) is -0.507. The minimum atomic E-state index is -0.507. The SMILES string of the molecule is O[C@H](COc1ccc(OCc2ccccc2)cc1)CN1CCOCC1. The molecule has 1 saturated heterocycles. The first-order valence-corrected chi connectivity index (χ1v) is 8.67. The molecule has 0 aliphatic carbocycles. The van der Waals surface area contributed by atoms with E-state index in [-0.39, 0.29) is 6.61 Å². The van der Waals surface area contributed by atoms with Crippen molar-refractivity contribution in [3.8, 4) is 11.5 Å². The van der Waals surface area contributed by atoms with Crippen LogP contribution in [0, 0.1) is 0 Å². The van der Waals surface area contributed by atoms with Crippen LogP contribution >= 0.6 is 0 Å². The van der Waals surface area contributed by atoms with Crippen molar-refractivity contribution in [1.82, 2.24) is 4.90 Å². The Morgan fingerprint density at radius 2 is 1.56 bits per heavy atom. The zero-order valence-corrected chi connectivity index (χ0v) is 14.3. The molecule has 0 spiro atoms. The standard InChI is InChI=1S/C20H25NO4/c22-18(14-21-10-12-23-13-11-21)16-25-20-8-6-19(7-9-20)24-15-17-4-2-1-3-5-17/h1-9,18,22H,10-16H2/t18-/m0/s1. The molecular weight excluding hydrogens is 318 g/mol. The maximum absolute atomic E-state index is 10.1. The van der Waals surface area contributed by atoms with Gasteiger partial charge < -0.3 is 19.3 Å². The van der Waals surface area contributed by atoms with Gasteiger partial charge in [0.2, 0.25) is 0 Å². The molecule has 0 saturated carbocycles. The maximum atomic E-state index is 10.1. The number of ether oxygens (including phenoxy) is 3. The second kappa shape index (κ2) is 9.42. The Bertz CT molecular complexity index is 611. The molecule has 5 heteroatoms. The predicted molar refractivity (Wildman–Crippen MR) is 96.0 cm³/mol. The van der Waals surface area contributed by atoms with E-state index in [4.69, 9.17) is 14.2 Å². The topological polar surface area (TPSA) is 51.2 Å². The van der Waals surface area contributed by atoms with E-state index in [1.165, 1.54) is 0 Å². The lowest BCUT2D eigenvalue weighted by Gasteiger charge is -2.28. The van der Waals surface area contributed by atoms with Crippen molar-refractivity contribution in [3.63, 3.8) is 0 Å². The number of nitrogens with zero attached hydrogens (tertiary/aromatic N) is 1. The molecule has 5 nitrogen and oxygen atoms in total. The van der Waals surface area contributed by atoms with Crippen LogP contribution in [0.3, 0.4) is 0 Å². The summed E-state index contributed by atoms with van der Waals surface area (Å²) >= 11 is 0. The van der Waals surface area contributed by atoms with Crippen LogP contribution in [0.1, 0.15) is 5.56 Å². The molecule has 3 rings (SSSR count). The summed E-state index contributed by atoms with van der Waals surface area (Å²) in [6, 6.07) is 17.5. The van der Waals surface area contributed by atoms with E-state index < -0.39 is 6.10 Å². The van der Waals surface area contributed by atoms with Gasteiger partial charge in [0, 0.05) is 19.6 Å². The Balaban J connectivity index is 1.39. The van der Waals surface area contributed by atoms with Crippen molar-refractivity contribution in [1.29, 1.82) is 0 Å². The molecule has 1 aliphatic rings. The highest BCUT2D eigenvalue weighted by Gasteiger charge is 2.15. The third-order valence-electron chi connectivity index (χ3n) is 4.09. The van der Waals surface area contributed by atoms with Gasteiger partial charge in [-0.25, -0.2) is 0 Å². The van der Waals surface area contributed by atoms with Crippen molar-refractivity contribution in [2.75, 3.05) is 39.5 Å². The van der Waals surface area contributed by atoms with E-state index in [1.54, 1.807) is 0 Å². The molecule has 0 radical (unpaired) electrons. The van der Waals surface area contributed by atoms with Gasteiger partial charge >= 0.3 is 0 Å². The molecule has 1 fully saturated rings. The van der Waals surface area contributed by atoms with E-state index in [2.05, 4.69) is 4.90 Å². The maximum Gasteiger partial charge on any atom is 0.120 e. The van der Waals surface area contributed by atoms with Gasteiger partial charge in [0.25, 0.3) is 0 Å². The Hall–Kier alpha value is -2.08. The number of hydrogen-bond donors (Lipinski definition) is 1. The summed E-state index contributed by atoms with van der Waals surface area (Å²) < 4.78 is 16.7. The summed E-state index contributed by atoms with van der Waals surface area (Å²) in [5, 5.41) is 10.1. The van der Waals surface area contributed by atoms with Gasteiger partial charge in [0.1, 0.15) is 30.8 Å². The summed E-state index contributed by atoms with van der Waals surface area (Å²) in [4.78, 5) is 2.19. The third-order valence-corrected chi connectivity index (χ3v) is 4.09. The quantitative estimate of drug-likeness (QED) is 0.797. The van der Waals surface area contributed by atoms with E-state index in [9.17, 15) is 5.11 Å².